The molecule has 2 heterocycles. The van der Waals surface area contributed by atoms with Gasteiger partial charge in [0.1, 0.15) is 42.7 Å². The Morgan fingerprint density at radius 1 is 0.818 bits per heavy atom. The van der Waals surface area contributed by atoms with Gasteiger partial charge in [0, 0.05) is 5.41 Å². The average Bonchev–Trinajstić information content (AvgIpc) is 3.15. The molecule has 0 spiro atoms. The Hall–Kier alpha value is -1.23. The number of ether oxygens (including phenoxy) is 5. The number of methoxy groups -OCH3 is 1. The van der Waals surface area contributed by atoms with Gasteiger partial charge in [0.15, 0.2) is 12.6 Å². The number of esters is 1. The molecule has 13 nitrogen and oxygen atoms in total. The molecule has 314 valence electrons. The number of aliphatic hydroxyl groups excluding tert-OH is 7. The van der Waals surface area contributed by atoms with Crippen molar-refractivity contribution < 1.29 is 64.2 Å². The number of rotatable bonds is 7. The molecule has 18 atom stereocenters. The fourth-order valence-electron chi connectivity index (χ4n) is 13.6. The molecule has 7 aliphatic rings. The number of carbonyl (C=O) groups excluding carboxylic acids is 1. The molecule has 55 heavy (non-hydrogen) atoms. The highest BCUT2D eigenvalue weighted by Crippen LogP contribution is 2.76. The van der Waals surface area contributed by atoms with Gasteiger partial charge < -0.3 is 59.4 Å². The number of hydrogen-bond donors (Lipinski definition) is 7. The van der Waals surface area contributed by atoms with E-state index in [2.05, 4.69) is 47.6 Å². The van der Waals surface area contributed by atoms with Crippen LogP contribution in [0.5, 0.6) is 0 Å². The van der Waals surface area contributed by atoms with Gasteiger partial charge in [-0.05, 0) is 104 Å². The van der Waals surface area contributed by atoms with Crippen molar-refractivity contribution in [2.45, 2.75) is 167 Å². The number of aliphatic hydroxyl groups is 7. The van der Waals surface area contributed by atoms with Crippen molar-refractivity contribution in [3.05, 3.63) is 11.6 Å². The first-order valence-electron chi connectivity index (χ1n) is 20.8. The standard InChI is InChI=1S/C42H68O13/c1-37(2)14-16-42(36(50)51-7)17-15-40(5)22(23(42)18-37)8-9-27-38(3)12-11-28(39(4,21-44)26(38)10-13-41(27,40)6)54-35-33(29(46)24(45)20-52-35)55-34-32(49)31(48)30(47)25(19-43)53-34/h8,23-35,43-49H,9-21H2,1-7H3/t23-,24-,25+,26+,27+,28-,29-,30+,31-,32+,33+,34-,35-,38-,39-,40+,41+,42-/m0/s1. The lowest BCUT2D eigenvalue weighted by atomic mass is 9.33. The Morgan fingerprint density at radius 2 is 1.53 bits per heavy atom. The largest absolute Gasteiger partial charge is 0.469 e. The smallest absolute Gasteiger partial charge is 0.312 e. The molecule has 0 aromatic carbocycles. The molecule has 7 rings (SSSR count). The fourth-order valence-corrected chi connectivity index (χ4v) is 13.6. The lowest BCUT2D eigenvalue weighted by molar-refractivity contribution is -0.368. The van der Waals surface area contributed by atoms with Gasteiger partial charge in [0.2, 0.25) is 0 Å². The highest BCUT2D eigenvalue weighted by atomic mass is 16.8. The molecular formula is C42H68O13. The van der Waals surface area contributed by atoms with Crippen LogP contribution >= 0.6 is 0 Å². The van der Waals surface area contributed by atoms with Gasteiger partial charge in [-0.25, -0.2) is 0 Å². The first-order valence-corrected chi connectivity index (χ1v) is 20.8. The van der Waals surface area contributed by atoms with E-state index in [1.807, 2.05) is 0 Å². The van der Waals surface area contributed by atoms with Gasteiger partial charge in [-0.1, -0.05) is 53.2 Å². The maximum atomic E-state index is 13.6. The van der Waals surface area contributed by atoms with E-state index in [0.717, 1.165) is 57.8 Å². The SMILES string of the molecule is COC(=O)[C@]12CCC(C)(C)C[C@H]1C1=CC[C@@H]3[C@@]4(C)CC[C@H](O[C@@H]5OC[C@H](O)[C@H](O)[C@H]5O[C@@H]5O[C@H](CO)[C@@H](O)[C@H](O)[C@H]5O)[C@@](C)(CO)[C@@H]4CC[C@@]3(C)[C@]1(C)CC2. The normalized spacial score (nSPS) is 53.5. The molecule has 13 heteroatoms. The number of carbonyl (C=O) groups is 1. The lowest BCUT2D eigenvalue weighted by Gasteiger charge is -2.71. The van der Waals surface area contributed by atoms with Crippen LogP contribution < -0.4 is 0 Å². The van der Waals surface area contributed by atoms with Crippen molar-refractivity contribution in [1.82, 2.24) is 0 Å². The van der Waals surface area contributed by atoms with E-state index in [-0.39, 0.29) is 52.7 Å². The van der Waals surface area contributed by atoms with Crippen molar-refractivity contribution in [3.63, 3.8) is 0 Å². The van der Waals surface area contributed by atoms with Crippen molar-refractivity contribution >= 4 is 5.97 Å². The molecule has 7 N–H and O–H groups in total. The van der Waals surface area contributed by atoms with Crippen LogP contribution in [-0.2, 0) is 28.5 Å². The molecule has 0 unspecified atom stereocenters. The van der Waals surface area contributed by atoms with Gasteiger partial charge in [-0.15, -0.1) is 0 Å². The Balaban J connectivity index is 1.15. The summed E-state index contributed by atoms with van der Waals surface area (Å²) in [5, 5.41) is 74.1. The second-order valence-corrected chi connectivity index (χ2v) is 20.2. The van der Waals surface area contributed by atoms with Gasteiger partial charge in [0.05, 0.1) is 38.4 Å². The minimum Gasteiger partial charge on any atom is -0.469 e. The molecule has 0 amide bonds. The summed E-state index contributed by atoms with van der Waals surface area (Å²) in [6.07, 6.45) is -2.51. The monoisotopic (exact) mass is 780 g/mol. The molecule has 2 aliphatic heterocycles. The van der Waals surface area contributed by atoms with Crippen LogP contribution in [0.4, 0.5) is 0 Å². The molecule has 0 aromatic heterocycles. The zero-order valence-electron chi connectivity index (χ0n) is 33.9. The third-order valence-corrected chi connectivity index (χ3v) is 17.2. The van der Waals surface area contributed by atoms with E-state index in [1.54, 1.807) is 0 Å². The molecule has 0 radical (unpaired) electrons. The summed E-state index contributed by atoms with van der Waals surface area (Å²) in [5.41, 5.74) is 0.141. The van der Waals surface area contributed by atoms with Crippen molar-refractivity contribution in [2.24, 2.45) is 50.2 Å². The Morgan fingerprint density at radius 3 is 2.20 bits per heavy atom. The molecule has 6 fully saturated rings. The molecular weight excluding hydrogens is 712 g/mol. The zero-order valence-corrected chi connectivity index (χ0v) is 33.9. The summed E-state index contributed by atoms with van der Waals surface area (Å²) in [7, 11) is 1.54. The van der Waals surface area contributed by atoms with Crippen molar-refractivity contribution in [3.8, 4) is 0 Å². The number of fused-ring (bicyclic) bond motifs is 7. The van der Waals surface area contributed by atoms with Crippen LogP contribution in [0.3, 0.4) is 0 Å². The van der Waals surface area contributed by atoms with Gasteiger partial charge >= 0.3 is 5.97 Å². The topological polar surface area (TPSA) is 205 Å². The first kappa shape index (κ1) is 41.9. The number of allylic oxidation sites excluding steroid dienone is 2. The summed E-state index contributed by atoms with van der Waals surface area (Å²) < 4.78 is 29.7. The second kappa shape index (κ2) is 14.5. The highest BCUT2D eigenvalue weighted by Gasteiger charge is 2.70. The predicted molar refractivity (Wildman–Crippen MR) is 198 cm³/mol. The molecule has 5 aliphatic carbocycles. The van der Waals surface area contributed by atoms with Crippen LogP contribution in [0.2, 0.25) is 0 Å². The maximum Gasteiger partial charge on any atom is 0.312 e. The lowest BCUT2D eigenvalue weighted by Crippen LogP contribution is -2.67. The van der Waals surface area contributed by atoms with Crippen molar-refractivity contribution in [2.75, 3.05) is 26.9 Å². The zero-order chi connectivity index (χ0) is 40.1. The minimum atomic E-state index is -1.73. The Bertz CT molecular complexity index is 1470. The second-order valence-electron chi connectivity index (χ2n) is 20.2. The van der Waals surface area contributed by atoms with Gasteiger partial charge in [-0.2, -0.15) is 0 Å². The first-order chi connectivity index (χ1) is 25.8. The third-order valence-electron chi connectivity index (χ3n) is 17.2. The molecule has 2 saturated heterocycles. The van der Waals surface area contributed by atoms with Crippen LogP contribution in [-0.4, -0.2) is 130 Å². The van der Waals surface area contributed by atoms with Crippen molar-refractivity contribution in [1.29, 1.82) is 0 Å². The summed E-state index contributed by atoms with van der Waals surface area (Å²) in [5.74, 6) is 0.503. The molecule has 0 bridgehead atoms. The van der Waals surface area contributed by atoms with E-state index in [0.29, 0.717) is 12.3 Å². The number of hydrogen-bond acceptors (Lipinski definition) is 13. The Labute approximate surface area is 325 Å². The predicted octanol–water partition coefficient (Wildman–Crippen LogP) is 2.58. The van der Waals surface area contributed by atoms with E-state index in [1.165, 1.54) is 12.7 Å². The average molecular weight is 781 g/mol. The van der Waals surface area contributed by atoms with Gasteiger partial charge in [-0.3, -0.25) is 4.79 Å². The summed E-state index contributed by atoms with van der Waals surface area (Å²) >= 11 is 0. The summed E-state index contributed by atoms with van der Waals surface area (Å²) in [6, 6.07) is 0. The fraction of sp³-hybridized carbons (Fsp3) is 0.929. The summed E-state index contributed by atoms with van der Waals surface area (Å²) in [4.78, 5) is 13.6. The van der Waals surface area contributed by atoms with Crippen LogP contribution in [0.25, 0.3) is 0 Å². The van der Waals surface area contributed by atoms with Gasteiger partial charge in [0.25, 0.3) is 0 Å². The van der Waals surface area contributed by atoms with Crippen LogP contribution in [0.1, 0.15) is 106 Å². The molecule has 0 aromatic rings. The third kappa shape index (κ3) is 6.23. The highest BCUT2D eigenvalue weighted by molar-refractivity contribution is 5.78. The molecule has 4 saturated carbocycles. The maximum absolute atomic E-state index is 13.6. The Kier molecular flexibility index (Phi) is 11.0. The van der Waals surface area contributed by atoms with E-state index in [9.17, 15) is 40.5 Å². The summed E-state index contributed by atoms with van der Waals surface area (Å²) in [6.45, 7) is 13.1. The minimum absolute atomic E-state index is 0.0344. The van der Waals surface area contributed by atoms with Crippen LogP contribution in [0, 0.1) is 50.2 Å². The quantitative estimate of drug-likeness (QED) is 0.113. The van der Waals surface area contributed by atoms with E-state index in [4.69, 9.17) is 23.7 Å². The van der Waals surface area contributed by atoms with Crippen LogP contribution in [0.15, 0.2) is 11.6 Å². The van der Waals surface area contributed by atoms with E-state index < -0.39 is 78.8 Å². The van der Waals surface area contributed by atoms with E-state index >= 15 is 0 Å².